The van der Waals surface area contributed by atoms with E-state index in [2.05, 4.69) is 22.3 Å². The van der Waals surface area contributed by atoms with E-state index < -0.39 is 40.3 Å². The van der Waals surface area contributed by atoms with Crippen molar-refractivity contribution in [3.63, 3.8) is 0 Å². The van der Waals surface area contributed by atoms with Crippen LogP contribution in [0.1, 0.15) is 49.3 Å². The number of hydrogen-bond donors (Lipinski definition) is 3. The summed E-state index contributed by atoms with van der Waals surface area (Å²) in [5.41, 5.74) is 2.67. The summed E-state index contributed by atoms with van der Waals surface area (Å²) in [4.78, 5) is 60.1. The van der Waals surface area contributed by atoms with Crippen LogP contribution < -0.4 is 5.32 Å². The van der Waals surface area contributed by atoms with Gasteiger partial charge in [-0.25, -0.2) is 19.2 Å². The predicted molar refractivity (Wildman–Crippen MR) is 191 cm³/mol. The van der Waals surface area contributed by atoms with Crippen LogP contribution in [0.5, 0.6) is 0 Å². The number of non-ortho nitro benzene ring substituents is 1. The standard InChI is InChI=1S/C34H34ClN3O6.C4H4O4/c1-22-29(32(39)43-3)31(25-10-7-11-28(20-25)38(41)42)30(23(2)36-22)33(40)44-34(26-12-14-27(35)15-13-26)16-18-37(19-17-34)21-24-8-5-4-6-9-24;5-3(6)1-2-4(7)8/h4-15,20,31,36H,16-19,21H2,1-3H3;1-2H,(H,5,6)(H,7,8)/b;2-1+. The van der Waals surface area contributed by atoms with Crippen LogP contribution in [0.2, 0.25) is 5.02 Å². The number of carbonyl (C=O) groups is 4. The van der Waals surface area contributed by atoms with E-state index in [0.29, 0.717) is 60.1 Å². The minimum absolute atomic E-state index is 0.156. The van der Waals surface area contributed by atoms with E-state index in [1.54, 1.807) is 32.0 Å². The SMILES string of the molecule is COC(=O)C1=C(C)NC(C)=C(C(=O)OC2(c3ccc(Cl)cc3)CCN(Cc3ccccc3)CC2)C1c1cccc([N+](=O)[O-])c1.O=C(O)/C=C/C(=O)O. The Kier molecular flexibility index (Phi) is 13.1. The number of dihydropyridines is 1. The molecule has 1 fully saturated rings. The smallest absolute Gasteiger partial charge is 0.337 e. The Bertz CT molecular complexity index is 1900. The molecule has 3 aromatic carbocycles. The first-order valence-electron chi connectivity index (χ1n) is 16.2. The van der Waals surface area contributed by atoms with Crippen molar-refractivity contribution in [3.05, 3.63) is 145 Å². The summed E-state index contributed by atoms with van der Waals surface area (Å²) in [5.74, 6) is -4.73. The number of ether oxygens (including phenoxy) is 2. The zero-order valence-corrected chi connectivity index (χ0v) is 29.5. The molecule has 3 N–H and O–H groups in total. The Labute approximate surface area is 304 Å². The summed E-state index contributed by atoms with van der Waals surface area (Å²) in [7, 11) is 1.26. The fourth-order valence-corrected chi connectivity index (χ4v) is 6.41. The largest absolute Gasteiger partial charge is 0.478 e. The van der Waals surface area contributed by atoms with Crippen LogP contribution in [0.25, 0.3) is 0 Å². The van der Waals surface area contributed by atoms with E-state index in [4.69, 9.17) is 31.3 Å². The van der Waals surface area contributed by atoms with E-state index in [1.807, 2.05) is 30.3 Å². The number of hydrogen-bond acceptors (Lipinski definition) is 10. The Morgan fingerprint density at radius 3 is 2.02 bits per heavy atom. The van der Waals surface area contributed by atoms with Gasteiger partial charge in [0.05, 0.1) is 29.1 Å². The Morgan fingerprint density at radius 1 is 0.904 bits per heavy atom. The maximum absolute atomic E-state index is 14.4. The molecule has 0 amide bonds. The van der Waals surface area contributed by atoms with Crippen molar-refractivity contribution in [3.8, 4) is 0 Å². The number of allylic oxidation sites excluding steroid dienone is 2. The Balaban J connectivity index is 0.000000677. The summed E-state index contributed by atoms with van der Waals surface area (Å²) < 4.78 is 11.6. The number of carbonyl (C=O) groups excluding carboxylic acids is 2. The monoisotopic (exact) mass is 731 g/mol. The molecule has 0 radical (unpaired) electrons. The van der Waals surface area contributed by atoms with Gasteiger partial charge in [-0.2, -0.15) is 0 Å². The average molecular weight is 732 g/mol. The number of nitro groups is 1. The van der Waals surface area contributed by atoms with Gasteiger partial charge in [0.25, 0.3) is 5.69 Å². The summed E-state index contributed by atoms with van der Waals surface area (Å²) in [5, 5.41) is 31.0. The second kappa shape index (κ2) is 17.4. The maximum atomic E-state index is 14.4. The number of carboxylic acids is 2. The van der Waals surface area contributed by atoms with Crippen LogP contribution >= 0.6 is 11.6 Å². The zero-order valence-electron chi connectivity index (χ0n) is 28.7. The molecule has 0 aromatic heterocycles. The van der Waals surface area contributed by atoms with Crippen molar-refractivity contribution in [2.75, 3.05) is 20.2 Å². The second-order valence-corrected chi connectivity index (χ2v) is 12.6. The number of carboxylic acid groups (broad SMARTS) is 2. The van der Waals surface area contributed by atoms with E-state index in [-0.39, 0.29) is 16.8 Å². The minimum Gasteiger partial charge on any atom is -0.478 e. The molecule has 0 bridgehead atoms. The van der Waals surface area contributed by atoms with Gasteiger partial charge in [0.1, 0.15) is 5.60 Å². The molecule has 5 rings (SSSR count). The van der Waals surface area contributed by atoms with Crippen LogP contribution in [0.4, 0.5) is 5.69 Å². The lowest BCUT2D eigenvalue weighted by atomic mass is 9.79. The molecule has 14 heteroatoms. The zero-order chi connectivity index (χ0) is 38.0. The maximum Gasteiger partial charge on any atom is 0.337 e. The highest BCUT2D eigenvalue weighted by Gasteiger charge is 2.44. The van der Waals surface area contributed by atoms with Crippen molar-refractivity contribution in [2.45, 2.75) is 44.8 Å². The molecular formula is C38H38ClN3O10. The first kappa shape index (κ1) is 39.0. The highest BCUT2D eigenvalue weighted by molar-refractivity contribution is 6.30. The van der Waals surface area contributed by atoms with Crippen molar-refractivity contribution in [1.82, 2.24) is 10.2 Å². The molecule has 13 nitrogen and oxygen atoms in total. The van der Waals surface area contributed by atoms with Crippen molar-refractivity contribution in [1.29, 1.82) is 0 Å². The number of nitro benzene ring substituents is 1. The molecule has 1 unspecified atom stereocenters. The molecule has 2 aliphatic heterocycles. The molecule has 0 saturated carbocycles. The van der Waals surface area contributed by atoms with Gasteiger partial charge in [0, 0.05) is 73.2 Å². The highest BCUT2D eigenvalue weighted by Crippen LogP contribution is 2.44. The van der Waals surface area contributed by atoms with Crippen LogP contribution in [0.3, 0.4) is 0 Å². The fraction of sp³-hybridized carbons (Fsp3) is 0.263. The van der Waals surface area contributed by atoms with E-state index in [1.165, 1.54) is 30.9 Å². The summed E-state index contributed by atoms with van der Waals surface area (Å²) in [6.45, 7) is 5.58. The highest BCUT2D eigenvalue weighted by atomic mass is 35.5. The molecule has 2 heterocycles. The molecule has 52 heavy (non-hydrogen) atoms. The van der Waals surface area contributed by atoms with Crippen LogP contribution in [0, 0.1) is 10.1 Å². The van der Waals surface area contributed by atoms with Crippen LogP contribution in [-0.4, -0.2) is 64.1 Å². The molecule has 1 saturated heterocycles. The topological polar surface area (TPSA) is 186 Å². The van der Waals surface area contributed by atoms with Crippen molar-refractivity contribution in [2.24, 2.45) is 0 Å². The third kappa shape index (κ3) is 9.71. The second-order valence-electron chi connectivity index (χ2n) is 12.1. The molecule has 0 aliphatic carbocycles. The van der Waals surface area contributed by atoms with Gasteiger partial charge in [-0.1, -0.05) is 66.2 Å². The summed E-state index contributed by atoms with van der Waals surface area (Å²) in [6, 6.07) is 23.5. The number of nitrogens with zero attached hydrogens (tertiary/aromatic N) is 2. The number of nitrogens with one attached hydrogen (secondary N) is 1. The van der Waals surface area contributed by atoms with E-state index >= 15 is 0 Å². The molecule has 3 aromatic rings. The number of piperidine rings is 1. The van der Waals surface area contributed by atoms with Crippen molar-refractivity contribution >= 4 is 41.2 Å². The lowest BCUT2D eigenvalue weighted by Crippen LogP contribution is -2.46. The lowest BCUT2D eigenvalue weighted by molar-refractivity contribution is -0.384. The first-order valence-corrected chi connectivity index (χ1v) is 16.5. The van der Waals surface area contributed by atoms with Gasteiger partial charge in [-0.15, -0.1) is 0 Å². The van der Waals surface area contributed by atoms with Gasteiger partial charge < -0.3 is 25.0 Å². The van der Waals surface area contributed by atoms with Gasteiger partial charge in [0.2, 0.25) is 0 Å². The van der Waals surface area contributed by atoms with E-state index in [0.717, 1.165) is 12.1 Å². The molecule has 2 aliphatic rings. The lowest BCUT2D eigenvalue weighted by Gasteiger charge is -2.42. The third-order valence-corrected chi connectivity index (χ3v) is 8.99. The van der Waals surface area contributed by atoms with Gasteiger partial charge in [0.15, 0.2) is 0 Å². The number of benzene rings is 3. The minimum atomic E-state index is -1.26. The molecular weight excluding hydrogens is 694 g/mol. The summed E-state index contributed by atoms with van der Waals surface area (Å²) in [6.07, 6.45) is 2.19. The quantitative estimate of drug-likeness (QED) is 0.0943. The molecule has 272 valence electrons. The Morgan fingerprint density at radius 2 is 1.48 bits per heavy atom. The number of methoxy groups -OCH3 is 1. The van der Waals surface area contributed by atoms with Gasteiger partial charge in [-0.05, 0) is 42.7 Å². The fourth-order valence-electron chi connectivity index (χ4n) is 6.29. The normalized spacial score (nSPS) is 17.0. The molecule has 1 atom stereocenters. The Hall–Kier alpha value is -5.79. The average Bonchev–Trinajstić information content (AvgIpc) is 3.12. The molecule has 0 spiro atoms. The van der Waals surface area contributed by atoms with Gasteiger partial charge >= 0.3 is 23.9 Å². The number of likely N-dealkylation sites (tertiary alicyclic amines) is 1. The number of aliphatic carboxylic acids is 2. The van der Waals surface area contributed by atoms with Crippen LogP contribution in [-0.2, 0) is 40.8 Å². The predicted octanol–water partition coefficient (Wildman–Crippen LogP) is 6.10. The number of rotatable bonds is 10. The first-order chi connectivity index (χ1) is 24.7. The van der Waals surface area contributed by atoms with Crippen LogP contribution in [0.15, 0.2) is 114 Å². The van der Waals surface area contributed by atoms with E-state index in [9.17, 15) is 29.3 Å². The third-order valence-electron chi connectivity index (χ3n) is 8.74. The van der Waals surface area contributed by atoms with Crippen molar-refractivity contribution < 1.29 is 43.8 Å². The number of halogens is 1. The number of esters is 2. The van der Waals surface area contributed by atoms with Gasteiger partial charge in [-0.3, -0.25) is 15.0 Å². The summed E-state index contributed by atoms with van der Waals surface area (Å²) >= 11 is 6.22.